The molecule has 3 fully saturated rings. The molecule has 8 atom stereocenters. The van der Waals surface area contributed by atoms with Gasteiger partial charge in [0.15, 0.2) is 0 Å². The van der Waals surface area contributed by atoms with Crippen molar-refractivity contribution in [3.8, 4) is 0 Å². The predicted molar refractivity (Wildman–Crippen MR) is 130 cm³/mol. The van der Waals surface area contributed by atoms with Crippen LogP contribution in [0.4, 0.5) is 0 Å². The average Bonchev–Trinajstić information content (AvgIpc) is 3.04. The number of rotatable bonds is 6. The smallest absolute Gasteiger partial charge is 0.302 e. The highest BCUT2D eigenvalue weighted by Gasteiger charge is 2.59. The number of aliphatic hydroxyl groups is 1. The molecule has 0 aromatic rings. The number of hydrogen-bond donors (Lipinski definition) is 1. The summed E-state index contributed by atoms with van der Waals surface area (Å²) >= 11 is 0. The molecule has 3 heteroatoms. The van der Waals surface area contributed by atoms with E-state index in [1.807, 2.05) is 13.8 Å². The van der Waals surface area contributed by atoms with Crippen molar-refractivity contribution in [2.45, 2.75) is 124 Å². The molecule has 1 N–H and O–H groups in total. The Kier molecular flexibility index (Phi) is 6.64. The lowest BCUT2D eigenvalue weighted by Crippen LogP contribution is -2.51. The van der Waals surface area contributed by atoms with Crippen LogP contribution < -0.4 is 0 Å². The van der Waals surface area contributed by atoms with E-state index in [9.17, 15) is 9.90 Å². The quantitative estimate of drug-likeness (QED) is 0.352. The van der Waals surface area contributed by atoms with Crippen LogP contribution in [0.5, 0.6) is 0 Å². The van der Waals surface area contributed by atoms with Crippen LogP contribution in [0.1, 0.15) is 112 Å². The van der Waals surface area contributed by atoms with Gasteiger partial charge in [0.2, 0.25) is 0 Å². The summed E-state index contributed by atoms with van der Waals surface area (Å²) in [6, 6.07) is 0. The monoisotopic (exact) mass is 444 g/mol. The van der Waals surface area contributed by atoms with Gasteiger partial charge in [-0.3, -0.25) is 4.79 Å². The van der Waals surface area contributed by atoms with Gasteiger partial charge in [-0.15, -0.1) is 0 Å². The van der Waals surface area contributed by atoms with Gasteiger partial charge in [0, 0.05) is 13.3 Å². The molecule has 0 aromatic heterocycles. The van der Waals surface area contributed by atoms with Gasteiger partial charge in [0.1, 0.15) is 6.10 Å². The Hall–Kier alpha value is -0.830. The minimum atomic E-state index is -0.532. The summed E-state index contributed by atoms with van der Waals surface area (Å²) in [5.41, 5.74) is 1.87. The van der Waals surface area contributed by atoms with Crippen molar-refractivity contribution in [3.63, 3.8) is 0 Å². The Morgan fingerprint density at radius 1 is 1.19 bits per heavy atom. The van der Waals surface area contributed by atoms with E-state index in [1.54, 1.807) is 12.5 Å². The number of carbonyl (C=O) groups is 1. The SMILES string of the molecule is CC(=O)OC1CCC2(C)C(=CCC3C2CCC2(C)C(C(C)CCCC(C)(C)O)CCC32)C1. The maximum atomic E-state index is 11.5. The van der Waals surface area contributed by atoms with Crippen molar-refractivity contribution in [3.05, 3.63) is 11.6 Å². The highest BCUT2D eigenvalue weighted by Crippen LogP contribution is 2.67. The van der Waals surface area contributed by atoms with Crippen LogP contribution in [-0.4, -0.2) is 22.8 Å². The summed E-state index contributed by atoms with van der Waals surface area (Å²) < 4.78 is 5.60. The van der Waals surface area contributed by atoms with Crippen LogP contribution in [0.25, 0.3) is 0 Å². The van der Waals surface area contributed by atoms with Crippen LogP contribution in [0.2, 0.25) is 0 Å². The molecule has 0 bridgehead atoms. The first kappa shape index (κ1) is 24.3. The molecule has 182 valence electrons. The lowest BCUT2D eigenvalue weighted by atomic mass is 9.47. The Labute approximate surface area is 196 Å². The number of esters is 1. The van der Waals surface area contributed by atoms with Gasteiger partial charge in [0.05, 0.1) is 5.60 Å². The fourth-order valence-corrected chi connectivity index (χ4v) is 9.00. The average molecular weight is 445 g/mol. The standard InChI is InChI=1S/C29H48O3/c1-19(8-7-15-27(3,4)31)24-11-12-25-23-10-9-21-18-22(32-20(2)30)13-16-28(21,5)26(23)14-17-29(24,25)6/h9,19,22-26,31H,7-8,10-18H2,1-6H3. The zero-order valence-electron chi connectivity index (χ0n) is 21.6. The molecule has 0 aliphatic heterocycles. The van der Waals surface area contributed by atoms with Crippen LogP contribution in [0.3, 0.4) is 0 Å². The first-order chi connectivity index (χ1) is 14.9. The summed E-state index contributed by atoms with van der Waals surface area (Å²) in [5, 5.41) is 10.1. The summed E-state index contributed by atoms with van der Waals surface area (Å²) in [6.45, 7) is 13.1. The Balaban J connectivity index is 1.45. The van der Waals surface area contributed by atoms with E-state index in [0.717, 1.165) is 55.3 Å². The van der Waals surface area contributed by atoms with E-state index in [0.29, 0.717) is 10.8 Å². The summed E-state index contributed by atoms with van der Waals surface area (Å²) in [7, 11) is 0. The van der Waals surface area contributed by atoms with Crippen molar-refractivity contribution in [1.82, 2.24) is 0 Å². The van der Waals surface area contributed by atoms with E-state index in [4.69, 9.17) is 4.74 Å². The number of ether oxygens (including phenoxy) is 1. The van der Waals surface area contributed by atoms with Crippen molar-refractivity contribution in [2.75, 3.05) is 0 Å². The van der Waals surface area contributed by atoms with Gasteiger partial charge in [0.25, 0.3) is 0 Å². The lowest BCUT2D eigenvalue weighted by Gasteiger charge is -2.58. The van der Waals surface area contributed by atoms with E-state index >= 15 is 0 Å². The largest absolute Gasteiger partial charge is 0.462 e. The molecule has 4 rings (SSSR count). The van der Waals surface area contributed by atoms with Gasteiger partial charge in [-0.2, -0.15) is 0 Å². The van der Waals surface area contributed by atoms with Crippen molar-refractivity contribution >= 4 is 5.97 Å². The fraction of sp³-hybridized carbons (Fsp3) is 0.897. The van der Waals surface area contributed by atoms with Crippen LogP contribution in [0, 0.1) is 40.4 Å². The summed E-state index contributed by atoms with van der Waals surface area (Å²) in [4.78, 5) is 11.5. The van der Waals surface area contributed by atoms with E-state index < -0.39 is 5.60 Å². The molecule has 0 radical (unpaired) electrons. The normalized spacial score (nSPS) is 42.3. The number of allylic oxidation sites excluding steroid dienone is 1. The Morgan fingerprint density at radius 2 is 1.94 bits per heavy atom. The van der Waals surface area contributed by atoms with Crippen molar-refractivity contribution in [2.24, 2.45) is 40.4 Å². The second-order valence-corrected chi connectivity index (χ2v) is 13.1. The van der Waals surface area contributed by atoms with E-state index in [-0.39, 0.29) is 12.1 Å². The van der Waals surface area contributed by atoms with Crippen molar-refractivity contribution in [1.29, 1.82) is 0 Å². The van der Waals surface area contributed by atoms with Gasteiger partial charge < -0.3 is 9.84 Å². The number of fused-ring (bicyclic) bond motifs is 5. The van der Waals surface area contributed by atoms with Gasteiger partial charge in [-0.1, -0.05) is 45.3 Å². The first-order valence-electron chi connectivity index (χ1n) is 13.5. The fourth-order valence-electron chi connectivity index (χ4n) is 9.00. The second-order valence-electron chi connectivity index (χ2n) is 13.1. The highest BCUT2D eigenvalue weighted by molar-refractivity contribution is 5.66. The third kappa shape index (κ3) is 4.44. The van der Waals surface area contributed by atoms with Crippen LogP contribution >= 0.6 is 0 Å². The topological polar surface area (TPSA) is 46.5 Å². The van der Waals surface area contributed by atoms with Gasteiger partial charge >= 0.3 is 5.97 Å². The third-order valence-electron chi connectivity index (χ3n) is 10.6. The minimum absolute atomic E-state index is 0.0952. The van der Waals surface area contributed by atoms with Crippen LogP contribution in [0.15, 0.2) is 11.6 Å². The summed E-state index contributed by atoms with van der Waals surface area (Å²) in [5.74, 6) is 3.98. The van der Waals surface area contributed by atoms with Crippen LogP contribution in [-0.2, 0) is 9.53 Å². The van der Waals surface area contributed by atoms with E-state index in [1.165, 1.54) is 44.9 Å². The molecule has 4 aliphatic rings. The van der Waals surface area contributed by atoms with Gasteiger partial charge in [-0.05, 0) is 106 Å². The zero-order valence-corrected chi connectivity index (χ0v) is 21.6. The molecule has 4 aliphatic carbocycles. The molecule has 3 saturated carbocycles. The maximum absolute atomic E-state index is 11.5. The second kappa shape index (κ2) is 8.75. The molecule has 0 heterocycles. The molecular formula is C29H48O3. The zero-order chi connectivity index (χ0) is 23.3. The Bertz CT molecular complexity index is 733. The molecule has 0 spiro atoms. The molecular weight excluding hydrogens is 396 g/mol. The highest BCUT2D eigenvalue weighted by atomic mass is 16.5. The molecule has 3 nitrogen and oxygen atoms in total. The van der Waals surface area contributed by atoms with Gasteiger partial charge in [-0.25, -0.2) is 0 Å². The molecule has 0 amide bonds. The van der Waals surface area contributed by atoms with Crippen molar-refractivity contribution < 1.29 is 14.6 Å². The number of hydrogen-bond acceptors (Lipinski definition) is 3. The predicted octanol–water partition coefficient (Wildman–Crippen LogP) is 7.07. The molecule has 0 saturated heterocycles. The molecule has 32 heavy (non-hydrogen) atoms. The first-order valence-corrected chi connectivity index (χ1v) is 13.5. The molecule has 8 unspecified atom stereocenters. The maximum Gasteiger partial charge on any atom is 0.302 e. The molecule has 0 aromatic carbocycles. The third-order valence-corrected chi connectivity index (χ3v) is 10.6. The van der Waals surface area contributed by atoms with E-state index in [2.05, 4.69) is 26.8 Å². The Morgan fingerprint density at radius 3 is 2.62 bits per heavy atom. The lowest BCUT2D eigenvalue weighted by molar-refractivity contribution is -0.148. The minimum Gasteiger partial charge on any atom is -0.462 e. The summed E-state index contributed by atoms with van der Waals surface area (Å²) in [6.07, 6.45) is 15.9. The number of carbonyl (C=O) groups excluding carboxylic acids is 1.